The average Bonchev–Trinajstić information content (AvgIpc) is 2.09. The molecular formula is C9H8ClFO2. The van der Waals surface area contributed by atoms with E-state index in [9.17, 15) is 9.50 Å². The van der Waals surface area contributed by atoms with Gasteiger partial charge in [-0.2, -0.15) is 0 Å². The van der Waals surface area contributed by atoms with Gasteiger partial charge < -0.3 is 10.2 Å². The van der Waals surface area contributed by atoms with Crippen molar-refractivity contribution in [2.75, 3.05) is 6.61 Å². The van der Waals surface area contributed by atoms with Crippen LogP contribution in [0.4, 0.5) is 4.39 Å². The van der Waals surface area contributed by atoms with Gasteiger partial charge in [-0.15, -0.1) is 0 Å². The maximum atomic E-state index is 12.8. The molecule has 70 valence electrons. The third-order valence-corrected chi connectivity index (χ3v) is 1.68. The largest absolute Gasteiger partial charge is 0.504 e. The lowest BCUT2D eigenvalue weighted by molar-refractivity contribution is 0.343. The quantitative estimate of drug-likeness (QED) is 0.772. The monoisotopic (exact) mass is 202 g/mol. The van der Waals surface area contributed by atoms with E-state index in [1.54, 1.807) is 0 Å². The smallest absolute Gasteiger partial charge is 0.166 e. The van der Waals surface area contributed by atoms with E-state index in [1.807, 2.05) is 0 Å². The summed E-state index contributed by atoms with van der Waals surface area (Å²) in [7, 11) is 0. The number of halogens is 2. The van der Waals surface area contributed by atoms with Crippen molar-refractivity contribution in [3.05, 3.63) is 34.6 Å². The molecule has 0 unspecified atom stereocenters. The number of aliphatic hydroxyl groups is 1. The van der Waals surface area contributed by atoms with Gasteiger partial charge in [0, 0.05) is 10.6 Å². The molecule has 0 aliphatic rings. The van der Waals surface area contributed by atoms with Gasteiger partial charge in [0.25, 0.3) is 0 Å². The Morgan fingerprint density at radius 2 is 2.15 bits per heavy atom. The molecule has 0 spiro atoms. The van der Waals surface area contributed by atoms with E-state index < -0.39 is 11.6 Å². The minimum absolute atomic E-state index is 0.173. The average molecular weight is 203 g/mol. The predicted molar refractivity (Wildman–Crippen MR) is 49.2 cm³/mol. The van der Waals surface area contributed by atoms with Gasteiger partial charge in [-0.05, 0) is 12.1 Å². The molecule has 0 saturated heterocycles. The van der Waals surface area contributed by atoms with Gasteiger partial charge in [0.05, 0.1) is 6.61 Å². The number of phenols is 1. The van der Waals surface area contributed by atoms with Gasteiger partial charge in [0.2, 0.25) is 0 Å². The number of hydrogen-bond donors (Lipinski definition) is 2. The van der Waals surface area contributed by atoms with Gasteiger partial charge >= 0.3 is 0 Å². The number of benzene rings is 1. The summed E-state index contributed by atoms with van der Waals surface area (Å²) in [6.45, 7) is -0.173. The number of phenolic OH excluding ortho intramolecular Hbond substituents is 1. The Bertz CT molecular complexity index is 337. The molecule has 4 heteroatoms. The summed E-state index contributed by atoms with van der Waals surface area (Å²) in [6, 6.07) is 2.43. The topological polar surface area (TPSA) is 40.5 Å². The Labute approximate surface area is 79.9 Å². The minimum Gasteiger partial charge on any atom is -0.504 e. The van der Waals surface area contributed by atoms with E-state index in [2.05, 4.69) is 0 Å². The lowest BCUT2D eigenvalue weighted by Crippen LogP contribution is -1.82. The molecule has 0 heterocycles. The van der Waals surface area contributed by atoms with Gasteiger partial charge in [-0.3, -0.25) is 0 Å². The fraction of sp³-hybridized carbons (Fsp3) is 0.111. The van der Waals surface area contributed by atoms with Crippen molar-refractivity contribution in [3.63, 3.8) is 0 Å². The second kappa shape index (κ2) is 4.25. The minimum atomic E-state index is -0.773. The van der Waals surface area contributed by atoms with Crippen LogP contribution in [0.15, 0.2) is 18.2 Å². The first-order chi connectivity index (χ1) is 6.15. The molecule has 0 aromatic heterocycles. The second-order valence-electron chi connectivity index (χ2n) is 2.41. The fourth-order valence-electron chi connectivity index (χ4n) is 0.893. The highest BCUT2D eigenvalue weighted by Gasteiger charge is 2.05. The van der Waals surface area contributed by atoms with Gasteiger partial charge in [-0.25, -0.2) is 4.39 Å². The van der Waals surface area contributed by atoms with Crippen LogP contribution < -0.4 is 0 Å². The molecule has 2 N–H and O–H groups in total. The third-order valence-electron chi connectivity index (χ3n) is 1.46. The number of aromatic hydroxyl groups is 1. The maximum absolute atomic E-state index is 12.8. The normalized spacial score (nSPS) is 11.0. The first-order valence-electron chi connectivity index (χ1n) is 3.60. The van der Waals surface area contributed by atoms with E-state index in [-0.39, 0.29) is 17.2 Å². The molecule has 1 rings (SSSR count). The van der Waals surface area contributed by atoms with E-state index in [4.69, 9.17) is 16.7 Å². The van der Waals surface area contributed by atoms with E-state index in [1.165, 1.54) is 18.2 Å². The molecule has 1 aromatic rings. The van der Waals surface area contributed by atoms with Crippen molar-refractivity contribution in [1.29, 1.82) is 0 Å². The van der Waals surface area contributed by atoms with Crippen LogP contribution >= 0.6 is 11.6 Å². The highest BCUT2D eigenvalue weighted by atomic mass is 35.5. The summed E-state index contributed by atoms with van der Waals surface area (Å²) < 4.78 is 12.8. The molecule has 0 saturated carbocycles. The highest BCUT2D eigenvalue weighted by molar-refractivity contribution is 6.30. The van der Waals surface area contributed by atoms with Gasteiger partial charge in [0.1, 0.15) is 0 Å². The van der Waals surface area contributed by atoms with Crippen LogP contribution in [0.2, 0.25) is 5.02 Å². The first-order valence-corrected chi connectivity index (χ1v) is 3.98. The Balaban J connectivity index is 3.12. The Kier molecular flexibility index (Phi) is 3.28. The van der Waals surface area contributed by atoms with Crippen LogP contribution in [0.25, 0.3) is 6.08 Å². The van der Waals surface area contributed by atoms with Gasteiger partial charge in [-0.1, -0.05) is 23.8 Å². The zero-order valence-electron chi connectivity index (χ0n) is 6.67. The van der Waals surface area contributed by atoms with Gasteiger partial charge in [0.15, 0.2) is 11.6 Å². The van der Waals surface area contributed by atoms with Crippen molar-refractivity contribution in [2.45, 2.75) is 0 Å². The maximum Gasteiger partial charge on any atom is 0.166 e. The molecule has 0 radical (unpaired) electrons. The predicted octanol–water partition coefficient (Wildman–Crippen LogP) is 2.19. The molecule has 0 aliphatic carbocycles. The van der Waals surface area contributed by atoms with E-state index in [0.29, 0.717) is 0 Å². The summed E-state index contributed by atoms with van der Waals surface area (Å²) in [5, 5.41) is 17.8. The fourth-order valence-corrected chi connectivity index (χ4v) is 1.11. The Morgan fingerprint density at radius 3 is 2.77 bits per heavy atom. The summed E-state index contributed by atoms with van der Waals surface area (Å²) in [5.74, 6) is -1.24. The van der Waals surface area contributed by atoms with Crippen molar-refractivity contribution >= 4 is 17.7 Å². The van der Waals surface area contributed by atoms with Crippen LogP contribution in [0.1, 0.15) is 5.56 Å². The Morgan fingerprint density at radius 1 is 1.46 bits per heavy atom. The lowest BCUT2D eigenvalue weighted by Gasteiger charge is -2.00. The molecule has 0 fully saturated rings. The van der Waals surface area contributed by atoms with Crippen molar-refractivity contribution < 1.29 is 14.6 Å². The van der Waals surface area contributed by atoms with E-state index >= 15 is 0 Å². The van der Waals surface area contributed by atoms with Crippen LogP contribution in [-0.2, 0) is 0 Å². The first kappa shape index (κ1) is 10.0. The molecule has 0 bridgehead atoms. The van der Waals surface area contributed by atoms with E-state index in [0.717, 1.165) is 6.07 Å². The number of rotatable bonds is 2. The Hall–Kier alpha value is -1.06. The molecule has 2 nitrogen and oxygen atoms in total. The highest BCUT2D eigenvalue weighted by Crippen LogP contribution is 2.26. The SMILES string of the molecule is OCC=Cc1cc(Cl)cc(F)c1O. The summed E-state index contributed by atoms with van der Waals surface area (Å²) in [4.78, 5) is 0. The van der Waals surface area contributed by atoms with Crippen molar-refractivity contribution in [1.82, 2.24) is 0 Å². The van der Waals surface area contributed by atoms with Crippen LogP contribution in [0, 0.1) is 5.82 Å². The summed E-state index contributed by atoms with van der Waals surface area (Å²) in [6.07, 6.45) is 2.77. The zero-order chi connectivity index (χ0) is 9.84. The van der Waals surface area contributed by atoms with Crippen molar-refractivity contribution in [2.24, 2.45) is 0 Å². The third kappa shape index (κ3) is 2.44. The molecule has 0 amide bonds. The second-order valence-corrected chi connectivity index (χ2v) is 2.85. The molecule has 0 aliphatic heterocycles. The molecule has 0 atom stereocenters. The lowest BCUT2D eigenvalue weighted by atomic mass is 10.2. The number of hydrogen-bond acceptors (Lipinski definition) is 2. The van der Waals surface area contributed by atoms with Crippen LogP contribution in [0.5, 0.6) is 5.75 Å². The molecular weight excluding hydrogens is 195 g/mol. The molecule has 13 heavy (non-hydrogen) atoms. The standard InChI is InChI=1S/C9H8ClFO2/c10-7-4-6(2-1-3-12)9(13)8(11)5-7/h1-2,4-5,12-13H,3H2. The van der Waals surface area contributed by atoms with Crippen molar-refractivity contribution in [3.8, 4) is 5.75 Å². The molecule has 1 aromatic carbocycles. The number of aliphatic hydroxyl groups excluding tert-OH is 1. The zero-order valence-corrected chi connectivity index (χ0v) is 7.42. The summed E-state index contributed by atoms with van der Waals surface area (Å²) in [5.41, 5.74) is 0.249. The van der Waals surface area contributed by atoms with Crippen LogP contribution in [0.3, 0.4) is 0 Å². The van der Waals surface area contributed by atoms with Crippen LogP contribution in [-0.4, -0.2) is 16.8 Å². The summed E-state index contributed by atoms with van der Waals surface area (Å²) >= 11 is 5.55.